The molecule has 2 aromatic carbocycles. The van der Waals surface area contributed by atoms with Gasteiger partial charge < -0.3 is 10.6 Å². The van der Waals surface area contributed by atoms with Gasteiger partial charge in [-0.1, -0.05) is 24.3 Å². The van der Waals surface area contributed by atoms with Gasteiger partial charge in [0.15, 0.2) is 0 Å². The Morgan fingerprint density at radius 1 is 1.19 bits per heavy atom. The molecule has 0 saturated heterocycles. The van der Waals surface area contributed by atoms with E-state index in [0.717, 1.165) is 11.3 Å². The molecule has 1 aliphatic heterocycles. The molecule has 1 heterocycles. The average Bonchev–Trinajstić information content (AvgIpc) is 2.46. The van der Waals surface area contributed by atoms with Crippen molar-refractivity contribution in [3.05, 3.63) is 59.4 Å². The summed E-state index contributed by atoms with van der Waals surface area (Å²) in [6.45, 7) is 0.678. The summed E-state index contributed by atoms with van der Waals surface area (Å²) in [5.41, 5.74) is 8.39. The van der Waals surface area contributed by atoms with E-state index in [-0.39, 0.29) is 12.6 Å². The highest BCUT2D eigenvalue weighted by Gasteiger charge is 2.28. The fourth-order valence-electron chi connectivity index (χ4n) is 2.59. The van der Waals surface area contributed by atoms with Gasteiger partial charge in [0.25, 0.3) is 0 Å². The van der Waals surface area contributed by atoms with E-state index in [1.165, 1.54) is 6.07 Å². The summed E-state index contributed by atoms with van der Waals surface area (Å²) in [5.74, 6) is -0.395. The van der Waals surface area contributed by atoms with Crippen molar-refractivity contribution in [1.29, 1.82) is 0 Å². The van der Waals surface area contributed by atoms with Gasteiger partial charge in [0.05, 0.1) is 12.2 Å². The van der Waals surface area contributed by atoms with Crippen LogP contribution in [0.15, 0.2) is 42.5 Å². The highest BCUT2D eigenvalue weighted by Crippen LogP contribution is 2.30. The molecule has 108 valence electrons. The summed E-state index contributed by atoms with van der Waals surface area (Å²) < 4.78 is 14.0. The van der Waals surface area contributed by atoms with Crippen LogP contribution in [0.1, 0.15) is 11.1 Å². The molecule has 4 nitrogen and oxygen atoms in total. The Bertz CT molecular complexity index is 681. The normalized spacial score (nSPS) is 14.3. The van der Waals surface area contributed by atoms with Crippen LogP contribution >= 0.6 is 0 Å². The van der Waals surface area contributed by atoms with E-state index in [4.69, 9.17) is 5.73 Å². The van der Waals surface area contributed by atoms with Crippen LogP contribution in [0.25, 0.3) is 0 Å². The number of halogens is 1. The first-order valence-electron chi connectivity index (χ1n) is 6.71. The SMILES string of the molecule is CN1Cc2ccccc2N(Cc2c(N)cccc2F)C1=O. The number of benzene rings is 2. The van der Waals surface area contributed by atoms with Gasteiger partial charge in [-0.15, -0.1) is 0 Å². The van der Waals surface area contributed by atoms with E-state index in [0.29, 0.717) is 17.8 Å². The smallest absolute Gasteiger partial charge is 0.324 e. The van der Waals surface area contributed by atoms with E-state index in [1.807, 2.05) is 24.3 Å². The summed E-state index contributed by atoms with van der Waals surface area (Å²) in [6.07, 6.45) is 0. The van der Waals surface area contributed by atoms with Crippen molar-refractivity contribution in [1.82, 2.24) is 4.90 Å². The first kappa shape index (κ1) is 13.4. The van der Waals surface area contributed by atoms with Crippen LogP contribution in [0.5, 0.6) is 0 Å². The third-order valence-corrected chi connectivity index (χ3v) is 3.72. The lowest BCUT2D eigenvalue weighted by Crippen LogP contribution is -2.44. The maximum absolute atomic E-state index is 14.0. The number of carbonyl (C=O) groups excluding carboxylic acids is 1. The molecule has 3 rings (SSSR count). The predicted molar refractivity (Wildman–Crippen MR) is 80.3 cm³/mol. The summed E-state index contributed by atoms with van der Waals surface area (Å²) in [5, 5.41) is 0. The first-order valence-corrected chi connectivity index (χ1v) is 6.71. The third kappa shape index (κ3) is 2.31. The van der Waals surface area contributed by atoms with Crippen molar-refractivity contribution in [2.45, 2.75) is 13.1 Å². The number of anilines is 2. The Balaban J connectivity index is 2.03. The molecule has 2 aromatic rings. The van der Waals surface area contributed by atoms with E-state index in [1.54, 1.807) is 29.0 Å². The number of rotatable bonds is 2. The molecule has 0 unspecified atom stereocenters. The number of hydrogen-bond acceptors (Lipinski definition) is 2. The number of nitrogens with zero attached hydrogens (tertiary/aromatic N) is 2. The van der Waals surface area contributed by atoms with Gasteiger partial charge in [-0.2, -0.15) is 0 Å². The molecule has 0 aliphatic carbocycles. The maximum Gasteiger partial charge on any atom is 0.324 e. The molecule has 0 bridgehead atoms. The molecule has 0 radical (unpaired) electrons. The quantitative estimate of drug-likeness (QED) is 0.862. The predicted octanol–water partition coefficient (Wildman–Crippen LogP) is 2.98. The molecule has 2 N–H and O–H groups in total. The summed E-state index contributed by atoms with van der Waals surface area (Å²) in [4.78, 5) is 15.6. The van der Waals surface area contributed by atoms with E-state index < -0.39 is 5.82 Å². The van der Waals surface area contributed by atoms with Gasteiger partial charge in [-0.05, 0) is 23.8 Å². The van der Waals surface area contributed by atoms with Gasteiger partial charge in [-0.3, -0.25) is 4.90 Å². The second-order valence-electron chi connectivity index (χ2n) is 5.16. The number of urea groups is 1. The second kappa shape index (κ2) is 5.09. The Labute approximate surface area is 122 Å². The molecule has 0 atom stereocenters. The number of hydrogen-bond donors (Lipinski definition) is 1. The van der Waals surface area contributed by atoms with Crippen LogP contribution in [0.2, 0.25) is 0 Å². The van der Waals surface area contributed by atoms with Crippen LogP contribution in [0.3, 0.4) is 0 Å². The minimum Gasteiger partial charge on any atom is -0.398 e. The van der Waals surface area contributed by atoms with Crippen molar-refractivity contribution >= 4 is 17.4 Å². The zero-order chi connectivity index (χ0) is 15.0. The molecule has 0 saturated carbocycles. The zero-order valence-electron chi connectivity index (χ0n) is 11.7. The molecular formula is C16H16FN3O. The fourth-order valence-corrected chi connectivity index (χ4v) is 2.59. The molecule has 5 heteroatoms. The zero-order valence-corrected chi connectivity index (χ0v) is 11.7. The lowest BCUT2D eigenvalue weighted by Gasteiger charge is -2.35. The Hall–Kier alpha value is -2.56. The lowest BCUT2D eigenvalue weighted by molar-refractivity contribution is 0.210. The Kier molecular flexibility index (Phi) is 3.25. The molecule has 21 heavy (non-hydrogen) atoms. The number of carbonyl (C=O) groups is 1. The molecule has 2 amide bonds. The summed E-state index contributed by atoms with van der Waals surface area (Å²) >= 11 is 0. The number of fused-ring (bicyclic) bond motifs is 1. The second-order valence-corrected chi connectivity index (χ2v) is 5.16. The van der Waals surface area contributed by atoms with Crippen LogP contribution in [0, 0.1) is 5.82 Å². The van der Waals surface area contributed by atoms with E-state index in [2.05, 4.69) is 0 Å². The van der Waals surface area contributed by atoms with E-state index in [9.17, 15) is 9.18 Å². The first-order chi connectivity index (χ1) is 10.1. The van der Waals surface area contributed by atoms with Crippen molar-refractivity contribution in [3.8, 4) is 0 Å². The summed E-state index contributed by atoms with van der Waals surface area (Å²) in [7, 11) is 1.73. The fraction of sp³-hybridized carbons (Fsp3) is 0.188. The highest BCUT2D eigenvalue weighted by atomic mass is 19.1. The highest BCUT2D eigenvalue weighted by molar-refractivity contribution is 5.94. The van der Waals surface area contributed by atoms with Gasteiger partial charge in [0.2, 0.25) is 0 Å². The maximum atomic E-state index is 14.0. The van der Waals surface area contributed by atoms with Crippen LogP contribution in [0.4, 0.5) is 20.6 Å². The van der Waals surface area contributed by atoms with Gasteiger partial charge in [0, 0.05) is 24.8 Å². The van der Waals surface area contributed by atoms with Gasteiger partial charge in [-0.25, -0.2) is 9.18 Å². The minimum absolute atomic E-state index is 0.124. The average molecular weight is 285 g/mol. The van der Waals surface area contributed by atoms with Gasteiger partial charge in [0.1, 0.15) is 5.82 Å². The summed E-state index contributed by atoms with van der Waals surface area (Å²) in [6, 6.07) is 12.0. The third-order valence-electron chi connectivity index (χ3n) is 3.72. The molecule has 0 aromatic heterocycles. The number of amides is 2. The largest absolute Gasteiger partial charge is 0.398 e. The number of nitrogen functional groups attached to an aromatic ring is 1. The van der Waals surface area contributed by atoms with Gasteiger partial charge >= 0.3 is 6.03 Å². The molecular weight excluding hydrogens is 269 g/mol. The monoisotopic (exact) mass is 285 g/mol. The Morgan fingerprint density at radius 3 is 2.71 bits per heavy atom. The topological polar surface area (TPSA) is 49.6 Å². The number of para-hydroxylation sites is 1. The van der Waals surface area contributed by atoms with Crippen molar-refractivity contribution in [3.63, 3.8) is 0 Å². The lowest BCUT2D eigenvalue weighted by atomic mass is 10.1. The molecule has 0 spiro atoms. The van der Waals surface area contributed by atoms with Crippen molar-refractivity contribution in [2.24, 2.45) is 0 Å². The van der Waals surface area contributed by atoms with Crippen LogP contribution in [-0.4, -0.2) is 18.0 Å². The minimum atomic E-state index is -0.395. The van der Waals surface area contributed by atoms with Crippen molar-refractivity contribution in [2.75, 3.05) is 17.7 Å². The van der Waals surface area contributed by atoms with E-state index >= 15 is 0 Å². The Morgan fingerprint density at radius 2 is 1.95 bits per heavy atom. The van der Waals surface area contributed by atoms with Crippen LogP contribution in [-0.2, 0) is 13.1 Å². The number of nitrogens with two attached hydrogens (primary N) is 1. The van der Waals surface area contributed by atoms with Crippen molar-refractivity contribution < 1.29 is 9.18 Å². The van der Waals surface area contributed by atoms with Crippen LogP contribution < -0.4 is 10.6 Å². The molecule has 0 fully saturated rings. The standard InChI is InChI=1S/C16H16FN3O/c1-19-9-11-5-2-3-8-15(11)20(16(19)21)10-12-13(17)6-4-7-14(12)18/h2-8H,9-10,18H2,1H3. The molecule has 1 aliphatic rings.